The van der Waals surface area contributed by atoms with Crippen LogP contribution in [0.3, 0.4) is 0 Å². The highest BCUT2D eigenvalue weighted by molar-refractivity contribution is 8.93. The second-order valence-electron chi connectivity index (χ2n) is 4.30. The van der Waals surface area contributed by atoms with Crippen molar-refractivity contribution < 1.29 is 0 Å². The van der Waals surface area contributed by atoms with Crippen LogP contribution in [0.2, 0.25) is 5.02 Å². The van der Waals surface area contributed by atoms with E-state index in [1.54, 1.807) is 0 Å². The van der Waals surface area contributed by atoms with Crippen LogP contribution in [-0.4, -0.2) is 19.0 Å². The number of nitrogens with zero attached hydrogens (tertiary/aromatic N) is 1. The molecule has 3 nitrogen and oxygen atoms in total. The van der Waals surface area contributed by atoms with E-state index in [0.717, 1.165) is 42.6 Å². The van der Waals surface area contributed by atoms with Crippen molar-refractivity contribution in [3.05, 3.63) is 34.3 Å². The largest absolute Gasteiger partial charge is 0.356 e. The van der Waals surface area contributed by atoms with E-state index < -0.39 is 0 Å². The second-order valence-corrected chi connectivity index (χ2v) is 4.71. The van der Waals surface area contributed by atoms with Crippen molar-refractivity contribution in [2.24, 2.45) is 4.99 Å². The Morgan fingerprint density at radius 2 is 2.22 bits per heavy atom. The highest BCUT2D eigenvalue weighted by Crippen LogP contribution is 2.16. The molecule has 0 saturated heterocycles. The Bertz CT molecular complexity index is 421. The number of hydrogen-bond donors (Lipinski definition) is 2. The van der Waals surface area contributed by atoms with Crippen LogP contribution in [0.5, 0.6) is 0 Å². The maximum absolute atomic E-state index is 5.99. The average molecular weight is 333 g/mol. The van der Waals surface area contributed by atoms with Gasteiger partial charge in [-0.1, -0.05) is 23.7 Å². The first-order valence-electron chi connectivity index (χ1n) is 6.03. The normalized spacial score (nSPS) is 14.9. The van der Waals surface area contributed by atoms with Crippen molar-refractivity contribution in [1.82, 2.24) is 10.6 Å². The molecule has 0 spiro atoms. The van der Waals surface area contributed by atoms with E-state index >= 15 is 0 Å². The Labute approximate surface area is 124 Å². The summed E-state index contributed by atoms with van der Waals surface area (Å²) in [6.07, 6.45) is 2.35. The highest BCUT2D eigenvalue weighted by Gasteiger charge is 2.03. The molecule has 2 N–H and O–H groups in total. The lowest BCUT2D eigenvalue weighted by Crippen LogP contribution is -2.36. The Morgan fingerprint density at radius 1 is 1.39 bits per heavy atom. The fraction of sp³-hybridized carbons (Fsp3) is 0.462. The van der Waals surface area contributed by atoms with E-state index in [4.69, 9.17) is 11.6 Å². The molecular weight excluding hydrogens is 314 g/mol. The molecule has 2 rings (SSSR count). The summed E-state index contributed by atoms with van der Waals surface area (Å²) in [5, 5.41) is 7.43. The topological polar surface area (TPSA) is 36.4 Å². The summed E-state index contributed by atoms with van der Waals surface area (Å²) in [5.41, 5.74) is 2.34. The van der Waals surface area contributed by atoms with Crippen molar-refractivity contribution in [2.75, 3.05) is 13.1 Å². The number of aryl methyl sites for hydroxylation is 1. The van der Waals surface area contributed by atoms with Crippen LogP contribution in [0.15, 0.2) is 23.2 Å². The van der Waals surface area contributed by atoms with E-state index in [0.29, 0.717) is 0 Å². The van der Waals surface area contributed by atoms with Gasteiger partial charge in [0.1, 0.15) is 0 Å². The zero-order valence-electron chi connectivity index (χ0n) is 10.5. The molecule has 0 fully saturated rings. The van der Waals surface area contributed by atoms with Gasteiger partial charge in [0.15, 0.2) is 5.96 Å². The zero-order chi connectivity index (χ0) is 12.1. The van der Waals surface area contributed by atoms with Crippen LogP contribution in [0.25, 0.3) is 0 Å². The fourth-order valence-corrected chi connectivity index (χ4v) is 1.93. The maximum Gasteiger partial charge on any atom is 0.191 e. The van der Waals surface area contributed by atoms with Crippen molar-refractivity contribution in [2.45, 2.75) is 26.3 Å². The van der Waals surface area contributed by atoms with Crippen LogP contribution in [0.4, 0.5) is 0 Å². The Balaban J connectivity index is 0.00000162. The van der Waals surface area contributed by atoms with E-state index in [2.05, 4.69) is 21.7 Å². The molecular formula is C13H19BrClN3. The number of guanidine groups is 1. The molecule has 0 saturated carbocycles. The molecule has 0 amide bonds. The van der Waals surface area contributed by atoms with Crippen LogP contribution in [-0.2, 0) is 6.54 Å². The fourth-order valence-electron chi connectivity index (χ4n) is 1.81. The summed E-state index contributed by atoms with van der Waals surface area (Å²) >= 11 is 5.99. The van der Waals surface area contributed by atoms with Gasteiger partial charge >= 0.3 is 0 Å². The summed E-state index contributed by atoms with van der Waals surface area (Å²) in [6, 6.07) is 6.09. The maximum atomic E-state index is 5.99. The number of benzene rings is 1. The monoisotopic (exact) mass is 331 g/mol. The first-order valence-corrected chi connectivity index (χ1v) is 6.41. The van der Waals surface area contributed by atoms with Gasteiger partial charge in [0.25, 0.3) is 0 Å². The van der Waals surface area contributed by atoms with Gasteiger partial charge in [0, 0.05) is 24.7 Å². The minimum absolute atomic E-state index is 0. The number of rotatable bonds is 2. The van der Waals surface area contributed by atoms with E-state index in [-0.39, 0.29) is 17.0 Å². The molecule has 0 atom stereocenters. The second kappa shape index (κ2) is 7.64. The molecule has 0 aliphatic carbocycles. The zero-order valence-corrected chi connectivity index (χ0v) is 13.0. The third-order valence-electron chi connectivity index (χ3n) is 2.83. The van der Waals surface area contributed by atoms with Crippen LogP contribution < -0.4 is 10.6 Å². The quantitative estimate of drug-likeness (QED) is 0.873. The molecule has 100 valence electrons. The summed E-state index contributed by atoms with van der Waals surface area (Å²) in [4.78, 5) is 4.45. The molecule has 1 aliphatic rings. The predicted octanol–water partition coefficient (Wildman–Crippen LogP) is 3.06. The van der Waals surface area contributed by atoms with Crippen LogP contribution in [0, 0.1) is 6.92 Å². The Kier molecular flexibility index (Phi) is 6.50. The summed E-state index contributed by atoms with van der Waals surface area (Å²) in [6.45, 7) is 4.72. The number of aliphatic imine (C=N–C) groups is 1. The molecule has 1 aromatic carbocycles. The summed E-state index contributed by atoms with van der Waals surface area (Å²) < 4.78 is 0. The number of hydrogen-bond acceptors (Lipinski definition) is 3. The van der Waals surface area contributed by atoms with E-state index in [1.165, 1.54) is 12.0 Å². The molecule has 18 heavy (non-hydrogen) atoms. The summed E-state index contributed by atoms with van der Waals surface area (Å²) in [7, 11) is 0. The van der Waals surface area contributed by atoms with Gasteiger partial charge in [-0.2, -0.15) is 0 Å². The van der Waals surface area contributed by atoms with Gasteiger partial charge in [-0.15, -0.1) is 17.0 Å². The SMILES string of the molecule is Br.Cc1cc(CNC2=NCCCCN2)ccc1Cl. The first kappa shape index (κ1) is 15.3. The number of nitrogens with one attached hydrogen (secondary N) is 2. The number of halogens is 2. The minimum atomic E-state index is 0. The molecule has 5 heteroatoms. The summed E-state index contributed by atoms with van der Waals surface area (Å²) in [5.74, 6) is 0.912. The smallest absolute Gasteiger partial charge is 0.191 e. The van der Waals surface area contributed by atoms with Gasteiger partial charge < -0.3 is 10.6 Å². The van der Waals surface area contributed by atoms with Gasteiger partial charge in [-0.25, -0.2) is 0 Å². The van der Waals surface area contributed by atoms with Gasteiger partial charge in [0.2, 0.25) is 0 Å². The van der Waals surface area contributed by atoms with Gasteiger partial charge in [-0.3, -0.25) is 4.99 Å². The van der Waals surface area contributed by atoms with Crippen LogP contribution in [0.1, 0.15) is 24.0 Å². The van der Waals surface area contributed by atoms with Crippen molar-refractivity contribution >= 4 is 34.5 Å². The van der Waals surface area contributed by atoms with Gasteiger partial charge in [-0.05, 0) is 37.0 Å². The Morgan fingerprint density at radius 3 is 3.00 bits per heavy atom. The molecule has 1 aromatic rings. The lowest BCUT2D eigenvalue weighted by molar-refractivity contribution is 0.742. The van der Waals surface area contributed by atoms with Crippen molar-refractivity contribution in [1.29, 1.82) is 0 Å². The van der Waals surface area contributed by atoms with Crippen LogP contribution >= 0.6 is 28.6 Å². The molecule has 0 aromatic heterocycles. The lowest BCUT2D eigenvalue weighted by atomic mass is 10.1. The predicted molar refractivity (Wildman–Crippen MR) is 82.9 cm³/mol. The third kappa shape index (κ3) is 4.50. The lowest BCUT2D eigenvalue weighted by Gasteiger charge is -2.10. The first-order chi connectivity index (χ1) is 8.25. The van der Waals surface area contributed by atoms with Gasteiger partial charge in [0.05, 0.1) is 0 Å². The molecule has 0 bridgehead atoms. The van der Waals surface area contributed by atoms with Crippen molar-refractivity contribution in [3.8, 4) is 0 Å². The Hall–Kier alpha value is -0.740. The molecule has 1 aliphatic heterocycles. The average Bonchev–Trinajstić information content (AvgIpc) is 2.59. The molecule has 0 unspecified atom stereocenters. The minimum Gasteiger partial charge on any atom is -0.356 e. The van der Waals surface area contributed by atoms with Crippen molar-refractivity contribution in [3.63, 3.8) is 0 Å². The van der Waals surface area contributed by atoms with E-state index in [9.17, 15) is 0 Å². The standard InChI is InChI=1S/C13H18ClN3.BrH/c1-10-8-11(4-5-12(10)14)9-17-13-15-6-2-3-7-16-13;/h4-5,8H,2-3,6-7,9H2,1H3,(H2,15,16,17);1H. The van der Waals surface area contributed by atoms with E-state index in [1.807, 2.05) is 19.1 Å². The highest BCUT2D eigenvalue weighted by atomic mass is 79.9. The molecule has 1 heterocycles. The third-order valence-corrected chi connectivity index (χ3v) is 3.25. The molecule has 0 radical (unpaired) electrons.